The lowest BCUT2D eigenvalue weighted by Gasteiger charge is -2.12. The molecule has 0 heterocycles. The number of benzene rings is 1. The van der Waals surface area contributed by atoms with Crippen LogP contribution in [0.25, 0.3) is 0 Å². The van der Waals surface area contributed by atoms with Gasteiger partial charge >= 0.3 is 6.61 Å². The number of nitrogens with two attached hydrogens (primary N) is 1. The average molecular weight is 261 g/mol. The highest BCUT2D eigenvalue weighted by atomic mass is 32.1. The van der Waals surface area contributed by atoms with Gasteiger partial charge in [-0.1, -0.05) is 18.3 Å². The minimum atomic E-state index is -2.88. The number of hydrogen-bond donors (Lipinski definition) is 1. The summed E-state index contributed by atoms with van der Waals surface area (Å²) in [5.74, 6) is 0.273. The third-order valence-corrected chi connectivity index (χ3v) is 2.05. The third kappa shape index (κ3) is 4.52. The maximum atomic E-state index is 12.1. The summed E-state index contributed by atoms with van der Waals surface area (Å²) < 4.78 is 33.8. The van der Waals surface area contributed by atoms with Crippen molar-refractivity contribution in [3.05, 3.63) is 23.8 Å². The number of hydrogen-bond acceptors (Lipinski definition) is 3. The lowest BCUT2D eigenvalue weighted by molar-refractivity contribution is -0.0514. The summed E-state index contributed by atoms with van der Waals surface area (Å²) in [4.78, 5) is 0.329. The van der Waals surface area contributed by atoms with E-state index in [1.54, 1.807) is 19.1 Å². The van der Waals surface area contributed by atoms with E-state index in [9.17, 15) is 8.78 Å². The van der Waals surface area contributed by atoms with Crippen LogP contribution in [0.1, 0.15) is 12.5 Å². The number of rotatable bonds is 6. The predicted octanol–water partition coefficient (Wildman–Crippen LogP) is 2.52. The van der Waals surface area contributed by atoms with E-state index >= 15 is 0 Å². The van der Waals surface area contributed by atoms with Gasteiger partial charge in [0.2, 0.25) is 0 Å². The zero-order valence-corrected chi connectivity index (χ0v) is 10.1. The first-order valence-electron chi connectivity index (χ1n) is 5.01. The Morgan fingerprint density at radius 3 is 2.65 bits per heavy atom. The van der Waals surface area contributed by atoms with Crippen LogP contribution in [0.15, 0.2) is 18.2 Å². The van der Waals surface area contributed by atoms with Crippen molar-refractivity contribution in [2.24, 2.45) is 5.73 Å². The molecule has 1 rings (SSSR count). The van der Waals surface area contributed by atoms with Gasteiger partial charge < -0.3 is 15.2 Å². The summed E-state index contributed by atoms with van der Waals surface area (Å²) in [7, 11) is 0. The molecular formula is C11H13F2NO2S. The van der Waals surface area contributed by atoms with Crippen LogP contribution in [0.5, 0.6) is 11.5 Å². The molecule has 0 saturated carbocycles. The standard InChI is InChI=1S/C11H13F2NO2S/c1-2-15-9-5-7(6-10(14)17)3-4-8(9)16-11(12)13/h3-5,11H,2,6H2,1H3,(H2,14,17). The van der Waals surface area contributed by atoms with E-state index in [4.69, 9.17) is 22.7 Å². The first-order valence-corrected chi connectivity index (χ1v) is 5.42. The zero-order valence-electron chi connectivity index (χ0n) is 9.28. The van der Waals surface area contributed by atoms with Gasteiger partial charge in [0.1, 0.15) is 0 Å². The van der Waals surface area contributed by atoms with Gasteiger partial charge in [0.25, 0.3) is 0 Å². The lowest BCUT2D eigenvalue weighted by Crippen LogP contribution is -2.11. The van der Waals surface area contributed by atoms with E-state index in [0.29, 0.717) is 18.0 Å². The second kappa shape index (κ2) is 6.34. The molecule has 0 aliphatic heterocycles. The van der Waals surface area contributed by atoms with Gasteiger partial charge in [-0.25, -0.2) is 0 Å². The molecule has 0 unspecified atom stereocenters. The molecule has 94 valence electrons. The highest BCUT2D eigenvalue weighted by Crippen LogP contribution is 2.30. The van der Waals surface area contributed by atoms with Crippen LogP contribution in [0.3, 0.4) is 0 Å². The Bertz CT molecular complexity index is 399. The SMILES string of the molecule is CCOc1cc(CC(N)=S)ccc1OC(F)F. The smallest absolute Gasteiger partial charge is 0.387 e. The van der Waals surface area contributed by atoms with Gasteiger partial charge in [-0.15, -0.1) is 0 Å². The Hall–Kier alpha value is -1.43. The molecule has 0 radical (unpaired) electrons. The van der Waals surface area contributed by atoms with Crippen LogP contribution in [0, 0.1) is 0 Å². The topological polar surface area (TPSA) is 44.5 Å². The molecular weight excluding hydrogens is 248 g/mol. The van der Waals surface area contributed by atoms with Gasteiger partial charge in [0.05, 0.1) is 11.6 Å². The molecule has 0 saturated heterocycles. The average Bonchev–Trinajstić information content (AvgIpc) is 2.21. The van der Waals surface area contributed by atoms with E-state index in [1.807, 2.05) is 0 Å². The molecule has 0 aliphatic carbocycles. The van der Waals surface area contributed by atoms with Crippen molar-refractivity contribution in [1.29, 1.82) is 0 Å². The van der Waals surface area contributed by atoms with Crippen LogP contribution >= 0.6 is 12.2 Å². The second-order valence-electron chi connectivity index (χ2n) is 3.24. The van der Waals surface area contributed by atoms with Gasteiger partial charge in [0.15, 0.2) is 11.5 Å². The fourth-order valence-corrected chi connectivity index (χ4v) is 1.49. The first kappa shape index (κ1) is 13.6. The van der Waals surface area contributed by atoms with Crippen molar-refractivity contribution in [2.75, 3.05) is 6.61 Å². The van der Waals surface area contributed by atoms with Crippen molar-refractivity contribution < 1.29 is 18.3 Å². The number of halogens is 2. The maximum Gasteiger partial charge on any atom is 0.387 e. The molecule has 0 amide bonds. The maximum absolute atomic E-state index is 12.1. The molecule has 1 aromatic rings. The summed E-state index contributed by atoms with van der Waals surface area (Å²) >= 11 is 4.77. The van der Waals surface area contributed by atoms with Gasteiger partial charge in [0, 0.05) is 6.42 Å². The summed E-state index contributed by atoms with van der Waals surface area (Å²) in [6.07, 6.45) is 0.393. The quantitative estimate of drug-likeness (QED) is 0.799. The van der Waals surface area contributed by atoms with Gasteiger partial charge in [-0.3, -0.25) is 0 Å². The predicted molar refractivity (Wildman–Crippen MR) is 64.7 cm³/mol. The van der Waals surface area contributed by atoms with Crippen molar-refractivity contribution in [3.8, 4) is 11.5 Å². The van der Waals surface area contributed by atoms with Crippen LogP contribution in [0.4, 0.5) is 8.78 Å². The van der Waals surface area contributed by atoms with E-state index in [-0.39, 0.29) is 11.5 Å². The molecule has 1 aromatic carbocycles. The van der Waals surface area contributed by atoms with Gasteiger partial charge in [-0.2, -0.15) is 8.78 Å². The summed E-state index contributed by atoms with van der Waals surface area (Å²) in [5.41, 5.74) is 6.20. The van der Waals surface area contributed by atoms with E-state index in [2.05, 4.69) is 4.74 Å². The number of alkyl halides is 2. The molecule has 3 nitrogen and oxygen atoms in total. The zero-order chi connectivity index (χ0) is 12.8. The fourth-order valence-electron chi connectivity index (χ4n) is 1.33. The normalized spacial score (nSPS) is 10.4. The molecule has 2 N–H and O–H groups in total. The lowest BCUT2D eigenvalue weighted by atomic mass is 10.1. The summed E-state index contributed by atoms with van der Waals surface area (Å²) in [6, 6.07) is 4.64. The Morgan fingerprint density at radius 1 is 1.41 bits per heavy atom. The van der Waals surface area contributed by atoms with Gasteiger partial charge in [-0.05, 0) is 24.6 Å². The van der Waals surface area contributed by atoms with E-state index in [0.717, 1.165) is 5.56 Å². The highest BCUT2D eigenvalue weighted by molar-refractivity contribution is 7.80. The number of ether oxygens (including phenoxy) is 2. The first-order chi connectivity index (χ1) is 8.02. The van der Waals surface area contributed by atoms with Crippen molar-refractivity contribution >= 4 is 17.2 Å². The highest BCUT2D eigenvalue weighted by Gasteiger charge is 2.11. The van der Waals surface area contributed by atoms with Crippen LogP contribution in [-0.4, -0.2) is 18.2 Å². The second-order valence-corrected chi connectivity index (χ2v) is 3.76. The minimum absolute atomic E-state index is 0.00791. The van der Waals surface area contributed by atoms with E-state index in [1.165, 1.54) is 6.07 Å². The Morgan fingerprint density at radius 2 is 2.12 bits per heavy atom. The van der Waals surface area contributed by atoms with Crippen LogP contribution in [0.2, 0.25) is 0 Å². The molecule has 0 bridgehead atoms. The molecule has 0 spiro atoms. The molecule has 6 heteroatoms. The van der Waals surface area contributed by atoms with Crippen molar-refractivity contribution in [3.63, 3.8) is 0 Å². The Kier molecular flexibility index (Phi) is 5.09. The van der Waals surface area contributed by atoms with Crippen molar-refractivity contribution in [1.82, 2.24) is 0 Å². The molecule has 0 aromatic heterocycles. The monoisotopic (exact) mass is 261 g/mol. The Labute approximate surface area is 104 Å². The largest absolute Gasteiger partial charge is 0.490 e. The summed E-state index contributed by atoms with van der Waals surface area (Å²) in [5, 5.41) is 0. The number of thiocarbonyl (C=S) groups is 1. The molecule has 17 heavy (non-hydrogen) atoms. The third-order valence-electron chi connectivity index (χ3n) is 1.90. The Balaban J connectivity index is 2.94. The minimum Gasteiger partial charge on any atom is -0.490 e. The van der Waals surface area contributed by atoms with Crippen LogP contribution in [-0.2, 0) is 6.42 Å². The fraction of sp³-hybridized carbons (Fsp3) is 0.364. The van der Waals surface area contributed by atoms with Crippen LogP contribution < -0.4 is 15.2 Å². The molecule has 0 atom stereocenters. The molecule has 0 aliphatic rings. The van der Waals surface area contributed by atoms with Crippen molar-refractivity contribution in [2.45, 2.75) is 20.0 Å². The summed E-state index contributed by atoms with van der Waals surface area (Å²) in [6.45, 7) is -0.765. The molecule has 0 fully saturated rings. The van der Waals surface area contributed by atoms with E-state index < -0.39 is 6.61 Å².